The first-order valence-corrected chi connectivity index (χ1v) is 4.77. The highest BCUT2D eigenvalue weighted by Crippen LogP contribution is 1.87. The summed E-state index contributed by atoms with van der Waals surface area (Å²) in [4.78, 5) is 43.7. The molecule has 0 rings (SSSR count). The van der Waals surface area contributed by atoms with E-state index >= 15 is 0 Å². The number of nitrogens with one attached hydrogen (secondary N) is 2. The van der Waals surface area contributed by atoms with Gasteiger partial charge in [0.1, 0.15) is 0 Å². The fourth-order valence-electron chi connectivity index (χ4n) is 0.707. The summed E-state index contributed by atoms with van der Waals surface area (Å²) in [5.41, 5.74) is 0. The minimum absolute atomic E-state index is 0.0496. The molecule has 0 spiro atoms. The smallest absolute Gasteiger partial charge is 0.265 e. The van der Waals surface area contributed by atoms with Gasteiger partial charge < -0.3 is 5.11 Å². The van der Waals surface area contributed by atoms with E-state index in [-0.39, 0.29) is 12.8 Å². The van der Waals surface area contributed by atoms with E-state index < -0.39 is 29.7 Å². The van der Waals surface area contributed by atoms with E-state index in [1.54, 1.807) is 10.6 Å². The fraction of sp³-hybridized carbons (Fsp3) is 0.556. The molecule has 3 N–H and O–H groups in total. The van der Waals surface area contributed by atoms with Crippen LogP contribution in [0.2, 0.25) is 0 Å². The molecule has 7 nitrogen and oxygen atoms in total. The Morgan fingerprint density at radius 1 is 0.938 bits per heavy atom. The van der Waals surface area contributed by atoms with Crippen LogP contribution in [0.5, 0.6) is 0 Å². The predicted molar refractivity (Wildman–Crippen MR) is 52.9 cm³/mol. The Morgan fingerprint density at radius 3 is 1.50 bits per heavy atom. The maximum absolute atomic E-state index is 11.1. The van der Waals surface area contributed by atoms with Crippen molar-refractivity contribution in [2.75, 3.05) is 0 Å². The molecule has 4 amide bonds. The van der Waals surface area contributed by atoms with Gasteiger partial charge in [0.2, 0.25) is 17.9 Å². The molecule has 0 bridgehead atoms. The highest BCUT2D eigenvalue weighted by molar-refractivity contribution is 6.11. The Balaban J connectivity index is 4.27. The van der Waals surface area contributed by atoms with Crippen molar-refractivity contribution in [3.05, 3.63) is 0 Å². The molecule has 0 aromatic rings. The molecule has 7 heteroatoms. The third kappa shape index (κ3) is 4.65. The van der Waals surface area contributed by atoms with Crippen molar-refractivity contribution in [1.29, 1.82) is 0 Å². The molecule has 16 heavy (non-hydrogen) atoms. The zero-order valence-electron chi connectivity index (χ0n) is 9.07. The van der Waals surface area contributed by atoms with Crippen LogP contribution in [0.25, 0.3) is 0 Å². The van der Waals surface area contributed by atoms with Crippen LogP contribution in [0.1, 0.15) is 26.7 Å². The van der Waals surface area contributed by atoms with Gasteiger partial charge in [-0.1, -0.05) is 13.8 Å². The molecular formula is C9H14N2O5. The standard InChI is InChI=1S/C9H14N2O5/c1-3-5(12)10-8(15)7(14)9(16)11-6(13)4-2/h7,14H,3-4H2,1-2H3,(H,10,12,15)(H,11,13,16). The molecule has 0 aliphatic heterocycles. The first-order chi connectivity index (χ1) is 7.42. The van der Waals surface area contributed by atoms with E-state index in [4.69, 9.17) is 5.11 Å². The van der Waals surface area contributed by atoms with Crippen molar-refractivity contribution in [2.45, 2.75) is 32.8 Å². The number of hydrogen-bond acceptors (Lipinski definition) is 5. The van der Waals surface area contributed by atoms with Crippen molar-refractivity contribution in [2.24, 2.45) is 0 Å². The van der Waals surface area contributed by atoms with Crippen molar-refractivity contribution >= 4 is 23.6 Å². The number of aliphatic hydroxyl groups is 1. The minimum Gasteiger partial charge on any atom is -0.375 e. The molecule has 0 fully saturated rings. The number of carbonyl (C=O) groups excluding carboxylic acids is 4. The zero-order valence-corrected chi connectivity index (χ0v) is 9.07. The van der Waals surface area contributed by atoms with Gasteiger partial charge >= 0.3 is 0 Å². The number of carbonyl (C=O) groups is 4. The summed E-state index contributed by atoms with van der Waals surface area (Å²) in [7, 11) is 0. The van der Waals surface area contributed by atoms with Gasteiger partial charge in [-0.3, -0.25) is 29.8 Å². The molecule has 0 saturated carbocycles. The molecule has 0 unspecified atom stereocenters. The third-order valence-corrected chi connectivity index (χ3v) is 1.66. The summed E-state index contributed by atoms with van der Waals surface area (Å²) in [6, 6.07) is 0. The van der Waals surface area contributed by atoms with Gasteiger partial charge in [0.15, 0.2) is 0 Å². The van der Waals surface area contributed by atoms with Gasteiger partial charge in [-0.15, -0.1) is 0 Å². The summed E-state index contributed by atoms with van der Waals surface area (Å²) < 4.78 is 0. The number of imide groups is 2. The Labute approximate surface area is 92.2 Å². The van der Waals surface area contributed by atoms with Gasteiger partial charge in [0.25, 0.3) is 11.8 Å². The van der Waals surface area contributed by atoms with Crippen LogP contribution in [-0.4, -0.2) is 34.8 Å². The molecule has 0 atom stereocenters. The van der Waals surface area contributed by atoms with E-state index in [1.165, 1.54) is 13.8 Å². The number of amides is 4. The van der Waals surface area contributed by atoms with Crippen LogP contribution in [0.3, 0.4) is 0 Å². The molecular weight excluding hydrogens is 216 g/mol. The molecule has 0 aromatic heterocycles. The highest BCUT2D eigenvalue weighted by Gasteiger charge is 2.25. The molecule has 0 heterocycles. The first-order valence-electron chi connectivity index (χ1n) is 4.77. The summed E-state index contributed by atoms with van der Waals surface area (Å²) >= 11 is 0. The third-order valence-electron chi connectivity index (χ3n) is 1.66. The maximum atomic E-state index is 11.1. The van der Waals surface area contributed by atoms with Crippen LogP contribution in [0.15, 0.2) is 0 Å². The maximum Gasteiger partial charge on any atom is 0.265 e. The normalized spacial score (nSPS) is 9.75. The summed E-state index contributed by atoms with van der Waals surface area (Å²) in [6.07, 6.45) is -1.96. The molecule has 0 aliphatic carbocycles. The van der Waals surface area contributed by atoms with Crippen LogP contribution < -0.4 is 10.6 Å². The van der Waals surface area contributed by atoms with Crippen molar-refractivity contribution in [3.8, 4) is 0 Å². The largest absolute Gasteiger partial charge is 0.375 e. The summed E-state index contributed by atoms with van der Waals surface area (Å²) in [5, 5.41) is 12.7. The lowest BCUT2D eigenvalue weighted by atomic mass is 10.3. The van der Waals surface area contributed by atoms with Crippen LogP contribution in [0, 0.1) is 0 Å². The molecule has 0 radical (unpaired) electrons. The van der Waals surface area contributed by atoms with E-state index in [0.717, 1.165) is 0 Å². The highest BCUT2D eigenvalue weighted by atomic mass is 16.3. The Bertz CT molecular complexity index is 283. The SMILES string of the molecule is CCC(=O)NC(=O)C(O)C(=O)NC(=O)CC. The fourth-order valence-corrected chi connectivity index (χ4v) is 0.707. The van der Waals surface area contributed by atoms with E-state index in [9.17, 15) is 19.2 Å². The lowest BCUT2D eigenvalue weighted by Gasteiger charge is -2.09. The second-order valence-electron chi connectivity index (χ2n) is 2.93. The first kappa shape index (κ1) is 14.2. The quantitative estimate of drug-likeness (QED) is 0.506. The van der Waals surface area contributed by atoms with E-state index in [2.05, 4.69) is 0 Å². The van der Waals surface area contributed by atoms with Gasteiger partial charge in [0, 0.05) is 12.8 Å². The average Bonchev–Trinajstić information content (AvgIpc) is 2.27. The topological polar surface area (TPSA) is 113 Å². The number of aliphatic hydroxyl groups excluding tert-OH is 1. The van der Waals surface area contributed by atoms with Crippen LogP contribution >= 0.6 is 0 Å². The van der Waals surface area contributed by atoms with Gasteiger partial charge in [-0.05, 0) is 0 Å². The lowest BCUT2D eigenvalue weighted by molar-refractivity contribution is -0.144. The molecule has 90 valence electrons. The van der Waals surface area contributed by atoms with Crippen molar-refractivity contribution < 1.29 is 24.3 Å². The average molecular weight is 230 g/mol. The number of hydrogen-bond donors (Lipinski definition) is 3. The van der Waals surface area contributed by atoms with Crippen molar-refractivity contribution in [1.82, 2.24) is 10.6 Å². The minimum atomic E-state index is -2.06. The summed E-state index contributed by atoms with van der Waals surface area (Å²) in [5.74, 6) is -3.51. The van der Waals surface area contributed by atoms with Crippen molar-refractivity contribution in [3.63, 3.8) is 0 Å². The molecule has 0 saturated heterocycles. The zero-order chi connectivity index (χ0) is 12.7. The van der Waals surface area contributed by atoms with Crippen LogP contribution in [0.4, 0.5) is 0 Å². The number of rotatable bonds is 4. The van der Waals surface area contributed by atoms with Gasteiger partial charge in [-0.25, -0.2) is 0 Å². The Kier molecular flexibility index (Phi) is 5.94. The monoisotopic (exact) mass is 230 g/mol. The van der Waals surface area contributed by atoms with E-state index in [1.807, 2.05) is 0 Å². The van der Waals surface area contributed by atoms with Crippen LogP contribution in [-0.2, 0) is 19.2 Å². The van der Waals surface area contributed by atoms with Gasteiger partial charge in [-0.2, -0.15) is 0 Å². The lowest BCUT2D eigenvalue weighted by Crippen LogP contribution is -2.48. The summed E-state index contributed by atoms with van der Waals surface area (Å²) in [6.45, 7) is 3.02. The van der Waals surface area contributed by atoms with Gasteiger partial charge in [0.05, 0.1) is 0 Å². The second kappa shape index (κ2) is 6.67. The Hall–Kier alpha value is -1.76. The Morgan fingerprint density at radius 2 is 1.25 bits per heavy atom. The van der Waals surface area contributed by atoms with E-state index in [0.29, 0.717) is 0 Å². The predicted octanol–water partition coefficient (Wildman–Crippen LogP) is -1.55. The molecule has 0 aliphatic rings. The second-order valence-corrected chi connectivity index (χ2v) is 2.93. The molecule has 0 aromatic carbocycles.